The Labute approximate surface area is 104 Å². The molecule has 0 amide bonds. The lowest BCUT2D eigenvalue weighted by molar-refractivity contribution is -0.0757. The Hall–Kier alpha value is -0.0900. The summed E-state index contributed by atoms with van der Waals surface area (Å²) in [4.78, 5) is 5.41. The van der Waals surface area contributed by atoms with Crippen molar-refractivity contribution >= 4 is 27.5 Å². The van der Waals surface area contributed by atoms with Crippen molar-refractivity contribution in [3.63, 3.8) is 0 Å². The molecule has 0 spiro atoms. The van der Waals surface area contributed by atoms with Crippen molar-refractivity contribution < 1.29 is 4.84 Å². The molecule has 0 atom stereocenters. The molecule has 0 saturated heterocycles. The van der Waals surface area contributed by atoms with Crippen molar-refractivity contribution in [3.8, 4) is 0 Å². The second-order valence-corrected chi connectivity index (χ2v) is 5.55. The van der Waals surface area contributed by atoms with Crippen molar-refractivity contribution in [2.45, 2.75) is 32.9 Å². The fourth-order valence-electron chi connectivity index (χ4n) is 0.986. The Morgan fingerprint density at radius 2 is 2.07 bits per heavy atom. The quantitative estimate of drug-likeness (QED) is 0.853. The normalized spacial score (nSPS) is 11.8. The van der Waals surface area contributed by atoms with Crippen LogP contribution in [-0.2, 0) is 11.4 Å². The fraction of sp³-hybridized carbons (Fsp3) is 0.455. The Balaban J connectivity index is 2.48. The van der Waals surface area contributed by atoms with Crippen LogP contribution in [-0.4, -0.2) is 5.60 Å². The average molecular weight is 293 g/mol. The van der Waals surface area contributed by atoms with E-state index in [1.54, 1.807) is 0 Å². The van der Waals surface area contributed by atoms with Gasteiger partial charge in [-0.1, -0.05) is 17.7 Å². The lowest BCUT2D eigenvalue weighted by Gasteiger charge is -2.19. The number of hydrogen-bond acceptors (Lipinski definition) is 2. The van der Waals surface area contributed by atoms with Crippen molar-refractivity contribution in [2.75, 3.05) is 0 Å². The first kappa shape index (κ1) is 13.0. The van der Waals surface area contributed by atoms with Crippen LogP contribution in [0.3, 0.4) is 0 Å². The molecule has 0 fully saturated rings. The molecular weight excluding hydrogens is 277 g/mol. The van der Waals surface area contributed by atoms with E-state index in [-0.39, 0.29) is 5.60 Å². The largest absolute Gasteiger partial charge is 0.296 e. The van der Waals surface area contributed by atoms with Gasteiger partial charge < -0.3 is 0 Å². The molecule has 0 aliphatic heterocycles. The van der Waals surface area contributed by atoms with E-state index in [4.69, 9.17) is 16.4 Å². The predicted molar refractivity (Wildman–Crippen MR) is 66.8 cm³/mol. The van der Waals surface area contributed by atoms with Crippen LogP contribution in [0.15, 0.2) is 22.7 Å². The van der Waals surface area contributed by atoms with E-state index >= 15 is 0 Å². The van der Waals surface area contributed by atoms with Crippen molar-refractivity contribution in [1.29, 1.82) is 0 Å². The maximum atomic E-state index is 5.89. The minimum Gasteiger partial charge on any atom is -0.296 e. The molecule has 0 heterocycles. The van der Waals surface area contributed by atoms with Gasteiger partial charge in [-0.3, -0.25) is 4.84 Å². The summed E-state index contributed by atoms with van der Waals surface area (Å²) >= 11 is 9.27. The molecule has 1 rings (SSSR count). The monoisotopic (exact) mass is 291 g/mol. The van der Waals surface area contributed by atoms with Crippen molar-refractivity contribution in [3.05, 3.63) is 33.3 Å². The van der Waals surface area contributed by atoms with Crippen LogP contribution in [0.1, 0.15) is 26.3 Å². The molecular formula is C11H15BrClNO. The van der Waals surface area contributed by atoms with Crippen molar-refractivity contribution in [2.24, 2.45) is 0 Å². The van der Waals surface area contributed by atoms with Gasteiger partial charge in [0.2, 0.25) is 0 Å². The summed E-state index contributed by atoms with van der Waals surface area (Å²) in [7, 11) is 0. The van der Waals surface area contributed by atoms with E-state index in [0.29, 0.717) is 6.54 Å². The van der Waals surface area contributed by atoms with Gasteiger partial charge in [-0.2, -0.15) is 5.48 Å². The zero-order valence-corrected chi connectivity index (χ0v) is 11.4. The summed E-state index contributed by atoms with van der Waals surface area (Å²) < 4.78 is 0.902. The van der Waals surface area contributed by atoms with E-state index in [0.717, 1.165) is 15.1 Å². The van der Waals surface area contributed by atoms with E-state index < -0.39 is 0 Å². The molecule has 0 radical (unpaired) electrons. The van der Waals surface area contributed by atoms with Gasteiger partial charge in [0.1, 0.15) is 0 Å². The minimum absolute atomic E-state index is 0.177. The molecule has 1 aromatic rings. The average Bonchev–Trinajstić information content (AvgIpc) is 2.09. The highest BCUT2D eigenvalue weighted by atomic mass is 79.9. The third kappa shape index (κ3) is 4.98. The van der Waals surface area contributed by atoms with Gasteiger partial charge in [0.15, 0.2) is 0 Å². The van der Waals surface area contributed by atoms with E-state index in [1.165, 1.54) is 0 Å². The van der Waals surface area contributed by atoms with Gasteiger partial charge in [0, 0.05) is 11.0 Å². The Morgan fingerprint density at radius 1 is 1.40 bits per heavy atom. The molecule has 2 nitrogen and oxygen atoms in total. The first-order valence-corrected chi connectivity index (χ1v) is 5.90. The summed E-state index contributed by atoms with van der Waals surface area (Å²) in [5, 5.41) is 0.718. The summed E-state index contributed by atoms with van der Waals surface area (Å²) in [6.45, 7) is 6.65. The molecule has 1 aromatic carbocycles. The van der Waals surface area contributed by atoms with Crippen LogP contribution in [0, 0.1) is 0 Å². The van der Waals surface area contributed by atoms with Crippen LogP contribution in [0.4, 0.5) is 0 Å². The first-order valence-electron chi connectivity index (χ1n) is 4.73. The molecule has 0 aromatic heterocycles. The highest BCUT2D eigenvalue weighted by Crippen LogP contribution is 2.23. The fourth-order valence-corrected chi connectivity index (χ4v) is 1.53. The third-order valence-corrected chi connectivity index (χ3v) is 2.85. The first-order chi connectivity index (χ1) is 6.88. The van der Waals surface area contributed by atoms with Crippen molar-refractivity contribution in [1.82, 2.24) is 5.48 Å². The Kier molecular flexibility index (Phi) is 4.59. The van der Waals surface area contributed by atoms with Crippen LogP contribution >= 0.6 is 27.5 Å². The number of halogens is 2. The molecule has 0 aliphatic carbocycles. The van der Waals surface area contributed by atoms with Gasteiger partial charge in [-0.25, -0.2) is 0 Å². The standard InChI is InChI=1S/C11H15BrClNO/c1-11(2,3)15-14-7-8-4-5-10(13)9(12)6-8/h4-6,14H,7H2,1-3H3. The second kappa shape index (κ2) is 5.30. The van der Waals surface area contributed by atoms with Gasteiger partial charge in [-0.15, -0.1) is 0 Å². The zero-order valence-electron chi connectivity index (χ0n) is 9.10. The van der Waals surface area contributed by atoms with E-state index in [2.05, 4.69) is 21.4 Å². The molecule has 0 bridgehead atoms. The maximum absolute atomic E-state index is 5.89. The Bertz CT molecular complexity index is 336. The van der Waals surface area contributed by atoms with Crippen LogP contribution < -0.4 is 5.48 Å². The molecule has 0 unspecified atom stereocenters. The van der Waals surface area contributed by atoms with E-state index in [1.807, 2.05) is 39.0 Å². The van der Waals surface area contributed by atoms with Crippen LogP contribution in [0.5, 0.6) is 0 Å². The summed E-state index contributed by atoms with van der Waals surface area (Å²) in [6, 6.07) is 5.80. The van der Waals surface area contributed by atoms with Gasteiger partial charge in [0.05, 0.1) is 10.6 Å². The summed E-state index contributed by atoms with van der Waals surface area (Å²) in [5.41, 5.74) is 3.87. The molecule has 15 heavy (non-hydrogen) atoms. The molecule has 0 aliphatic rings. The lowest BCUT2D eigenvalue weighted by Crippen LogP contribution is -2.28. The van der Waals surface area contributed by atoms with Crippen LogP contribution in [0.2, 0.25) is 5.02 Å². The van der Waals surface area contributed by atoms with Gasteiger partial charge in [-0.05, 0) is 54.4 Å². The highest BCUT2D eigenvalue weighted by Gasteiger charge is 2.09. The van der Waals surface area contributed by atoms with Gasteiger partial charge >= 0.3 is 0 Å². The summed E-state index contributed by atoms with van der Waals surface area (Å²) in [5.74, 6) is 0. The topological polar surface area (TPSA) is 21.3 Å². The summed E-state index contributed by atoms with van der Waals surface area (Å²) in [6.07, 6.45) is 0. The number of rotatable bonds is 3. The number of benzene rings is 1. The van der Waals surface area contributed by atoms with E-state index in [9.17, 15) is 0 Å². The maximum Gasteiger partial charge on any atom is 0.0813 e. The predicted octanol–water partition coefficient (Wildman–Crippen LogP) is 3.92. The minimum atomic E-state index is -0.177. The zero-order chi connectivity index (χ0) is 11.5. The smallest absolute Gasteiger partial charge is 0.0813 e. The van der Waals surface area contributed by atoms with Gasteiger partial charge in [0.25, 0.3) is 0 Å². The number of hydroxylamine groups is 1. The number of hydrogen-bond donors (Lipinski definition) is 1. The molecule has 1 N–H and O–H groups in total. The lowest BCUT2D eigenvalue weighted by atomic mass is 10.2. The SMILES string of the molecule is CC(C)(C)ONCc1ccc(Cl)c(Br)c1. The highest BCUT2D eigenvalue weighted by molar-refractivity contribution is 9.10. The molecule has 4 heteroatoms. The molecule has 0 saturated carbocycles. The molecule has 84 valence electrons. The second-order valence-electron chi connectivity index (χ2n) is 4.28. The third-order valence-electron chi connectivity index (χ3n) is 1.64. The Morgan fingerprint density at radius 3 is 2.60 bits per heavy atom. The number of nitrogens with one attached hydrogen (secondary N) is 1. The van der Waals surface area contributed by atoms with Crippen LogP contribution in [0.25, 0.3) is 0 Å².